The lowest BCUT2D eigenvalue weighted by atomic mass is 9.81. The number of imide groups is 2. The Morgan fingerprint density at radius 2 is 1.35 bits per heavy atom. The summed E-state index contributed by atoms with van der Waals surface area (Å²) in [6.45, 7) is 14.9. The molecule has 1 atom stereocenters. The van der Waals surface area contributed by atoms with Crippen LogP contribution in [-0.2, 0) is 14.3 Å². The second-order valence-electron chi connectivity index (χ2n) is 14.6. The van der Waals surface area contributed by atoms with Gasteiger partial charge in [-0.05, 0) is 82.9 Å². The van der Waals surface area contributed by atoms with Gasteiger partial charge in [0.25, 0.3) is 11.8 Å². The number of amides is 5. The van der Waals surface area contributed by atoms with E-state index in [1.165, 1.54) is 25.7 Å². The first kappa shape index (κ1) is 32.4. The van der Waals surface area contributed by atoms with Gasteiger partial charge in [0.15, 0.2) is 0 Å². The molecule has 1 aromatic rings. The molecular weight excluding hydrogens is 588 g/mol. The normalized spacial score (nSPS) is 26.8. The fourth-order valence-corrected chi connectivity index (χ4v) is 7.61. The standard InChI is InChI=1S/C34H48N6O6/c1-34(2,3)46-33(45)39-18-14-37(15-19-39)22-24-6-4-23(5-7-24)21-36-12-16-38(17-13-36)25-8-9-26-27(20-25)32(44)40(31(26)43)28-10-11-29(41)35-30(28)42/h8-9,20,23-24,28H,4-7,10-19,21-22H2,1-3H3,(H,35,41,42). The summed E-state index contributed by atoms with van der Waals surface area (Å²) < 4.78 is 5.53. The number of nitrogens with one attached hydrogen (secondary N) is 1. The maximum atomic E-state index is 13.2. The van der Waals surface area contributed by atoms with Crippen molar-refractivity contribution in [1.29, 1.82) is 0 Å². The van der Waals surface area contributed by atoms with E-state index in [4.69, 9.17) is 4.74 Å². The van der Waals surface area contributed by atoms with Gasteiger partial charge >= 0.3 is 6.09 Å². The number of rotatable bonds is 6. The van der Waals surface area contributed by atoms with Gasteiger partial charge in [-0.2, -0.15) is 0 Å². The summed E-state index contributed by atoms with van der Waals surface area (Å²) in [5.41, 5.74) is 1.10. The highest BCUT2D eigenvalue weighted by atomic mass is 16.6. The van der Waals surface area contributed by atoms with E-state index in [0.717, 1.165) is 82.0 Å². The topological polar surface area (TPSA) is 123 Å². The molecule has 6 rings (SSSR count). The first-order valence-corrected chi connectivity index (χ1v) is 17.0. The number of fused-ring (bicyclic) bond motifs is 1. The molecule has 1 N–H and O–H groups in total. The maximum Gasteiger partial charge on any atom is 0.410 e. The molecule has 1 saturated carbocycles. The van der Waals surface area contributed by atoms with Crippen molar-refractivity contribution >= 4 is 35.4 Å². The van der Waals surface area contributed by atoms with E-state index in [1.807, 2.05) is 31.7 Å². The number of carbonyl (C=O) groups excluding carboxylic acids is 5. The predicted octanol–water partition coefficient (Wildman–Crippen LogP) is 2.57. The zero-order valence-corrected chi connectivity index (χ0v) is 27.5. The summed E-state index contributed by atoms with van der Waals surface area (Å²) >= 11 is 0. The number of hydrogen-bond acceptors (Lipinski definition) is 9. The number of benzene rings is 1. The highest BCUT2D eigenvalue weighted by molar-refractivity contribution is 6.23. The van der Waals surface area contributed by atoms with Crippen LogP contribution >= 0.6 is 0 Å². The predicted molar refractivity (Wildman–Crippen MR) is 171 cm³/mol. The third-order valence-corrected chi connectivity index (χ3v) is 10.2. The van der Waals surface area contributed by atoms with E-state index in [-0.39, 0.29) is 24.8 Å². The minimum absolute atomic E-state index is 0.108. The van der Waals surface area contributed by atoms with Gasteiger partial charge in [-0.1, -0.05) is 0 Å². The Morgan fingerprint density at radius 3 is 1.91 bits per heavy atom. The number of carbonyl (C=O) groups is 5. The molecule has 12 heteroatoms. The van der Waals surface area contributed by atoms with Crippen LogP contribution in [0.4, 0.5) is 10.5 Å². The molecule has 0 radical (unpaired) electrons. The molecule has 4 fully saturated rings. The molecule has 0 bridgehead atoms. The average molecular weight is 637 g/mol. The van der Waals surface area contributed by atoms with Crippen molar-refractivity contribution in [2.45, 2.75) is 70.9 Å². The van der Waals surface area contributed by atoms with Crippen LogP contribution in [0.25, 0.3) is 0 Å². The van der Waals surface area contributed by atoms with Crippen LogP contribution in [0.1, 0.15) is 80.0 Å². The molecule has 1 unspecified atom stereocenters. The van der Waals surface area contributed by atoms with E-state index in [1.54, 1.807) is 12.1 Å². The van der Waals surface area contributed by atoms with Crippen molar-refractivity contribution in [1.82, 2.24) is 24.9 Å². The van der Waals surface area contributed by atoms with Crippen molar-refractivity contribution < 1.29 is 28.7 Å². The van der Waals surface area contributed by atoms with E-state index in [9.17, 15) is 24.0 Å². The molecule has 3 saturated heterocycles. The summed E-state index contributed by atoms with van der Waals surface area (Å²) in [6.07, 6.45) is 5.09. The fraction of sp³-hybridized carbons (Fsp3) is 0.676. The van der Waals surface area contributed by atoms with Gasteiger partial charge in [0.05, 0.1) is 11.1 Å². The number of anilines is 1. The molecule has 4 aliphatic heterocycles. The van der Waals surface area contributed by atoms with E-state index < -0.39 is 29.4 Å². The second kappa shape index (κ2) is 13.3. The monoisotopic (exact) mass is 636 g/mol. The minimum Gasteiger partial charge on any atom is -0.444 e. The Balaban J connectivity index is 0.923. The van der Waals surface area contributed by atoms with Crippen LogP contribution in [0.3, 0.4) is 0 Å². The number of hydrogen-bond donors (Lipinski definition) is 1. The van der Waals surface area contributed by atoms with Gasteiger partial charge in [0.2, 0.25) is 11.8 Å². The molecule has 1 aromatic carbocycles. The molecule has 5 aliphatic rings. The van der Waals surface area contributed by atoms with Crippen LogP contribution in [0, 0.1) is 11.8 Å². The van der Waals surface area contributed by atoms with Gasteiger partial charge in [-0.3, -0.25) is 39.2 Å². The highest BCUT2D eigenvalue weighted by Crippen LogP contribution is 2.33. The van der Waals surface area contributed by atoms with Gasteiger partial charge < -0.3 is 14.5 Å². The van der Waals surface area contributed by atoms with Crippen molar-refractivity contribution in [2.75, 3.05) is 70.3 Å². The van der Waals surface area contributed by atoms with Crippen LogP contribution in [0.2, 0.25) is 0 Å². The third kappa shape index (κ3) is 7.22. The molecule has 4 heterocycles. The van der Waals surface area contributed by atoms with Crippen molar-refractivity contribution in [2.24, 2.45) is 11.8 Å². The maximum absolute atomic E-state index is 13.2. The molecule has 0 spiro atoms. The largest absolute Gasteiger partial charge is 0.444 e. The summed E-state index contributed by atoms with van der Waals surface area (Å²) in [6, 6.07) is 4.43. The van der Waals surface area contributed by atoms with Gasteiger partial charge in [-0.25, -0.2) is 4.79 Å². The second-order valence-corrected chi connectivity index (χ2v) is 14.6. The first-order chi connectivity index (χ1) is 21.9. The van der Waals surface area contributed by atoms with Crippen LogP contribution in [-0.4, -0.2) is 126 Å². The zero-order chi connectivity index (χ0) is 32.6. The Labute approximate surface area is 271 Å². The Kier molecular flexibility index (Phi) is 9.38. The first-order valence-electron chi connectivity index (χ1n) is 17.0. The average Bonchev–Trinajstić information content (AvgIpc) is 3.26. The smallest absolute Gasteiger partial charge is 0.410 e. The molecule has 250 valence electrons. The van der Waals surface area contributed by atoms with Gasteiger partial charge in [0, 0.05) is 77.6 Å². The summed E-state index contributed by atoms with van der Waals surface area (Å²) in [5.74, 6) is -0.466. The zero-order valence-electron chi connectivity index (χ0n) is 27.5. The molecular formula is C34H48N6O6. The number of piperazine rings is 2. The Bertz CT molecular complexity index is 1350. The SMILES string of the molecule is CC(C)(C)OC(=O)N1CCN(CC2CCC(CN3CCN(c4ccc5c(c4)C(=O)N(C4CCC(=O)NC4=O)C5=O)CC3)CC2)CC1. The molecule has 46 heavy (non-hydrogen) atoms. The van der Waals surface area contributed by atoms with Crippen LogP contribution in [0.15, 0.2) is 18.2 Å². The molecule has 5 amide bonds. The number of ether oxygens (including phenoxy) is 1. The lowest BCUT2D eigenvalue weighted by Gasteiger charge is -2.40. The van der Waals surface area contributed by atoms with Gasteiger partial charge in [0.1, 0.15) is 11.6 Å². The number of nitrogens with zero attached hydrogens (tertiary/aromatic N) is 5. The summed E-state index contributed by atoms with van der Waals surface area (Å²) in [5, 5.41) is 2.25. The highest BCUT2D eigenvalue weighted by Gasteiger charge is 2.45. The van der Waals surface area contributed by atoms with Crippen LogP contribution < -0.4 is 10.2 Å². The summed E-state index contributed by atoms with van der Waals surface area (Å²) in [7, 11) is 0. The summed E-state index contributed by atoms with van der Waals surface area (Å²) in [4.78, 5) is 72.8. The lowest BCUT2D eigenvalue weighted by Crippen LogP contribution is -2.54. The van der Waals surface area contributed by atoms with Crippen molar-refractivity contribution in [3.05, 3.63) is 29.3 Å². The number of piperidine rings is 1. The lowest BCUT2D eigenvalue weighted by molar-refractivity contribution is -0.136. The van der Waals surface area contributed by atoms with Gasteiger partial charge in [-0.15, -0.1) is 0 Å². The van der Waals surface area contributed by atoms with Crippen LogP contribution in [0.5, 0.6) is 0 Å². The Hall–Kier alpha value is -3.51. The quantitative estimate of drug-likeness (QED) is 0.470. The Morgan fingerprint density at radius 1 is 0.783 bits per heavy atom. The third-order valence-electron chi connectivity index (χ3n) is 10.2. The molecule has 12 nitrogen and oxygen atoms in total. The minimum atomic E-state index is -0.950. The van der Waals surface area contributed by atoms with E-state index in [2.05, 4.69) is 20.0 Å². The van der Waals surface area contributed by atoms with Crippen molar-refractivity contribution in [3.8, 4) is 0 Å². The van der Waals surface area contributed by atoms with Crippen molar-refractivity contribution in [3.63, 3.8) is 0 Å². The molecule has 1 aliphatic carbocycles. The van der Waals surface area contributed by atoms with E-state index in [0.29, 0.717) is 17.0 Å². The molecule has 0 aromatic heterocycles. The van der Waals surface area contributed by atoms with E-state index >= 15 is 0 Å². The fourth-order valence-electron chi connectivity index (χ4n) is 7.61.